The molecule has 4 aromatic carbocycles. The Bertz CT molecular complexity index is 1790. The molecule has 0 amide bonds. The van der Waals surface area contributed by atoms with Crippen molar-refractivity contribution in [2.24, 2.45) is 0 Å². The first kappa shape index (κ1) is 25.5. The number of aryl methyl sites for hydroxylation is 1. The summed E-state index contributed by atoms with van der Waals surface area (Å²) in [5.74, 6) is 0. The second-order valence-electron chi connectivity index (χ2n) is 10.1. The summed E-state index contributed by atoms with van der Waals surface area (Å²) in [6.07, 6.45) is 17.1. The van der Waals surface area contributed by atoms with Gasteiger partial charge in [-0.1, -0.05) is 91.0 Å². The molecule has 2 heteroatoms. The minimum absolute atomic E-state index is 1.04. The lowest BCUT2D eigenvalue weighted by molar-refractivity contribution is 0.985. The maximum Gasteiger partial charge on any atom is 0.0541 e. The minimum atomic E-state index is 1.04. The predicted octanol–water partition coefficient (Wildman–Crippen LogP) is 10.3. The Morgan fingerprint density at radius 2 is 1.23 bits per heavy atom. The molecule has 0 spiro atoms. The van der Waals surface area contributed by atoms with Crippen LogP contribution in [0.1, 0.15) is 31.5 Å². The number of hydrogen-bond acceptors (Lipinski definition) is 0. The van der Waals surface area contributed by atoms with Crippen molar-refractivity contribution in [3.8, 4) is 22.5 Å². The van der Waals surface area contributed by atoms with Gasteiger partial charge in [-0.15, -0.1) is 0 Å². The standard InChI is InChI=1S/C38H34N2/c1-3-5-7-13-29-27-34(14-8-6-4-2)39(28-29)32-23-19-30(20-24-32)31-21-25-33(26-22-31)40-37-17-11-9-15-35(37)36-16-10-12-18-38(36)40/h3-6,8-12,14-28H,7,13H2,1-2H3/b5-3-,6-4-,14-8-. The molecule has 0 aliphatic carbocycles. The highest BCUT2D eigenvalue weighted by atomic mass is 15.0. The fourth-order valence-corrected chi connectivity index (χ4v) is 5.53. The SMILES string of the molecule is C/C=C\C=C/c1cc(CC/C=C\C)cn1-c1ccc(-c2ccc(-n3c4ccccc4c4ccccc43)cc2)cc1. The first-order valence-corrected chi connectivity index (χ1v) is 14.1. The molecule has 196 valence electrons. The van der Waals surface area contributed by atoms with E-state index < -0.39 is 0 Å². The van der Waals surface area contributed by atoms with Gasteiger partial charge in [0.2, 0.25) is 0 Å². The molecule has 0 aliphatic rings. The van der Waals surface area contributed by atoms with Crippen LogP contribution in [0.4, 0.5) is 0 Å². The number of hydrogen-bond donors (Lipinski definition) is 0. The van der Waals surface area contributed by atoms with Gasteiger partial charge < -0.3 is 9.13 Å². The molecule has 6 aromatic rings. The van der Waals surface area contributed by atoms with Crippen LogP contribution in [0.25, 0.3) is 50.4 Å². The van der Waals surface area contributed by atoms with E-state index in [9.17, 15) is 0 Å². The maximum atomic E-state index is 2.36. The van der Waals surface area contributed by atoms with Crippen LogP contribution < -0.4 is 0 Å². The fraction of sp³-hybridized carbons (Fsp3) is 0.105. The van der Waals surface area contributed by atoms with Gasteiger partial charge >= 0.3 is 0 Å². The van der Waals surface area contributed by atoms with Crippen molar-refractivity contribution in [2.75, 3.05) is 0 Å². The molecule has 0 saturated carbocycles. The van der Waals surface area contributed by atoms with Crippen molar-refractivity contribution in [3.63, 3.8) is 0 Å². The Kier molecular flexibility index (Phi) is 7.32. The molecule has 0 unspecified atom stereocenters. The summed E-state index contributed by atoms with van der Waals surface area (Å²) in [6.45, 7) is 4.12. The average Bonchev–Trinajstić information content (AvgIpc) is 3.57. The van der Waals surface area contributed by atoms with Gasteiger partial charge in [-0.2, -0.15) is 0 Å². The highest BCUT2D eigenvalue weighted by molar-refractivity contribution is 6.09. The Hall–Kier alpha value is -4.82. The minimum Gasteiger partial charge on any atom is -0.317 e. The summed E-state index contributed by atoms with van der Waals surface area (Å²) in [4.78, 5) is 0. The van der Waals surface area contributed by atoms with Crippen molar-refractivity contribution in [1.82, 2.24) is 9.13 Å². The summed E-state index contributed by atoms with van der Waals surface area (Å²) in [5.41, 5.74) is 9.78. The monoisotopic (exact) mass is 518 g/mol. The van der Waals surface area contributed by atoms with Crippen molar-refractivity contribution < 1.29 is 0 Å². The summed E-state index contributed by atoms with van der Waals surface area (Å²) >= 11 is 0. The predicted molar refractivity (Wildman–Crippen MR) is 173 cm³/mol. The number of benzene rings is 4. The van der Waals surface area contributed by atoms with E-state index in [1.165, 1.54) is 55.6 Å². The van der Waals surface area contributed by atoms with Crippen LogP contribution in [-0.2, 0) is 6.42 Å². The molecule has 0 bridgehead atoms. The van der Waals surface area contributed by atoms with E-state index in [4.69, 9.17) is 0 Å². The molecule has 0 aliphatic heterocycles. The number of nitrogens with zero attached hydrogens (tertiary/aromatic N) is 2. The van der Waals surface area contributed by atoms with Crippen LogP contribution in [0.15, 0.2) is 140 Å². The van der Waals surface area contributed by atoms with E-state index in [0.29, 0.717) is 0 Å². The van der Waals surface area contributed by atoms with Crippen molar-refractivity contribution >= 4 is 27.9 Å². The van der Waals surface area contributed by atoms with E-state index in [2.05, 4.69) is 162 Å². The molecule has 40 heavy (non-hydrogen) atoms. The maximum absolute atomic E-state index is 2.36. The third kappa shape index (κ3) is 4.97. The first-order chi connectivity index (χ1) is 19.8. The third-order valence-corrected chi connectivity index (χ3v) is 7.50. The molecule has 2 heterocycles. The van der Waals surface area contributed by atoms with Gasteiger partial charge in [0, 0.05) is 34.0 Å². The van der Waals surface area contributed by atoms with E-state index in [-0.39, 0.29) is 0 Å². The number of para-hydroxylation sites is 2. The lowest BCUT2D eigenvalue weighted by atomic mass is 10.0. The third-order valence-electron chi connectivity index (χ3n) is 7.50. The van der Waals surface area contributed by atoms with Gasteiger partial charge in [-0.3, -0.25) is 0 Å². The molecular weight excluding hydrogens is 484 g/mol. The Labute approximate surface area is 236 Å². The second-order valence-corrected chi connectivity index (χ2v) is 10.1. The van der Waals surface area contributed by atoms with Gasteiger partial charge in [0.05, 0.1) is 11.0 Å². The van der Waals surface area contributed by atoms with Gasteiger partial charge in [0.1, 0.15) is 0 Å². The largest absolute Gasteiger partial charge is 0.317 e. The van der Waals surface area contributed by atoms with Gasteiger partial charge in [-0.05, 0) is 91.9 Å². The Morgan fingerprint density at radius 1 is 0.625 bits per heavy atom. The average molecular weight is 519 g/mol. The zero-order valence-electron chi connectivity index (χ0n) is 23.2. The molecular formula is C38H34N2. The van der Waals surface area contributed by atoms with Gasteiger partial charge in [-0.25, -0.2) is 0 Å². The first-order valence-electron chi connectivity index (χ1n) is 14.1. The number of fused-ring (bicyclic) bond motifs is 3. The number of allylic oxidation sites excluding steroid dienone is 5. The molecule has 0 N–H and O–H groups in total. The van der Waals surface area contributed by atoms with Crippen LogP contribution in [0.5, 0.6) is 0 Å². The lowest BCUT2D eigenvalue weighted by Crippen LogP contribution is -1.95. The summed E-state index contributed by atoms with van der Waals surface area (Å²) < 4.78 is 4.65. The van der Waals surface area contributed by atoms with Crippen LogP contribution in [-0.4, -0.2) is 9.13 Å². The smallest absolute Gasteiger partial charge is 0.0541 e. The molecule has 0 radical (unpaired) electrons. The van der Waals surface area contributed by atoms with E-state index >= 15 is 0 Å². The Balaban J connectivity index is 1.30. The van der Waals surface area contributed by atoms with Crippen molar-refractivity contribution in [3.05, 3.63) is 151 Å². The molecule has 2 aromatic heterocycles. The summed E-state index contributed by atoms with van der Waals surface area (Å²) in [7, 11) is 0. The van der Waals surface area contributed by atoms with Crippen molar-refractivity contribution in [1.29, 1.82) is 0 Å². The van der Waals surface area contributed by atoms with Crippen LogP contribution in [0.3, 0.4) is 0 Å². The topological polar surface area (TPSA) is 9.86 Å². The normalized spacial score (nSPS) is 12.2. The van der Waals surface area contributed by atoms with Gasteiger partial charge in [0.25, 0.3) is 0 Å². The molecule has 0 atom stereocenters. The molecule has 0 saturated heterocycles. The summed E-state index contributed by atoms with van der Waals surface area (Å²) in [5, 5.41) is 2.57. The van der Waals surface area contributed by atoms with E-state index in [1.54, 1.807) is 0 Å². The zero-order chi connectivity index (χ0) is 27.3. The van der Waals surface area contributed by atoms with E-state index in [1.807, 2.05) is 6.92 Å². The highest BCUT2D eigenvalue weighted by Crippen LogP contribution is 2.32. The lowest BCUT2D eigenvalue weighted by Gasteiger charge is -2.11. The molecule has 6 rings (SSSR count). The summed E-state index contributed by atoms with van der Waals surface area (Å²) in [6, 6.07) is 37.4. The zero-order valence-corrected chi connectivity index (χ0v) is 23.2. The molecule has 0 fully saturated rings. The number of aromatic nitrogens is 2. The molecule has 2 nitrogen and oxygen atoms in total. The van der Waals surface area contributed by atoms with Crippen molar-refractivity contribution in [2.45, 2.75) is 26.7 Å². The Morgan fingerprint density at radius 3 is 1.82 bits per heavy atom. The number of rotatable bonds is 8. The fourth-order valence-electron chi connectivity index (χ4n) is 5.53. The highest BCUT2D eigenvalue weighted by Gasteiger charge is 2.12. The van der Waals surface area contributed by atoms with Gasteiger partial charge in [0.15, 0.2) is 0 Å². The van der Waals surface area contributed by atoms with Crippen LogP contribution in [0.2, 0.25) is 0 Å². The van der Waals surface area contributed by atoms with Crippen LogP contribution in [0, 0.1) is 0 Å². The quantitative estimate of drug-likeness (QED) is 0.140. The van der Waals surface area contributed by atoms with E-state index in [0.717, 1.165) is 12.8 Å². The van der Waals surface area contributed by atoms with Crippen LogP contribution >= 0.6 is 0 Å². The second kappa shape index (κ2) is 11.5.